The number of oxazole rings is 1. The van der Waals surface area contributed by atoms with Gasteiger partial charge in [0, 0.05) is 11.4 Å². The van der Waals surface area contributed by atoms with Crippen molar-refractivity contribution in [2.75, 3.05) is 22.9 Å². The number of aromatic nitrogens is 1. The highest BCUT2D eigenvalue weighted by Gasteiger charge is 2.17. The molecule has 10 heteroatoms. The van der Waals surface area contributed by atoms with Crippen molar-refractivity contribution in [3.63, 3.8) is 0 Å². The topological polar surface area (TPSA) is 111 Å². The van der Waals surface area contributed by atoms with Gasteiger partial charge in [-0.25, -0.2) is 13.4 Å². The summed E-state index contributed by atoms with van der Waals surface area (Å²) in [4.78, 5) is 16.8. The summed E-state index contributed by atoms with van der Waals surface area (Å²) < 4.78 is 38.9. The minimum Gasteiger partial charge on any atom is -0.497 e. The average Bonchev–Trinajstić information content (AvgIpc) is 3.30. The van der Waals surface area contributed by atoms with Gasteiger partial charge < -0.3 is 14.5 Å². The second-order valence-electron chi connectivity index (χ2n) is 8.21. The highest BCUT2D eigenvalue weighted by atomic mass is 32.2. The van der Waals surface area contributed by atoms with Gasteiger partial charge in [0.1, 0.15) is 11.3 Å². The molecule has 1 heterocycles. The lowest BCUT2D eigenvalue weighted by Gasteiger charge is -2.10. The van der Waals surface area contributed by atoms with E-state index in [1.165, 1.54) is 24.8 Å². The summed E-state index contributed by atoms with van der Waals surface area (Å²) in [7, 11) is -2.29. The Labute approximate surface area is 214 Å². The van der Waals surface area contributed by atoms with E-state index < -0.39 is 10.0 Å². The number of nitrogens with one attached hydrogen (secondary N) is 2. The molecular formula is C26H27N3O5S2. The van der Waals surface area contributed by atoms with Crippen molar-refractivity contribution in [3.05, 3.63) is 72.3 Å². The highest BCUT2D eigenvalue weighted by Crippen LogP contribution is 2.27. The van der Waals surface area contributed by atoms with E-state index in [2.05, 4.69) is 28.9 Å². The Kier molecular flexibility index (Phi) is 7.85. The van der Waals surface area contributed by atoms with Crippen molar-refractivity contribution in [2.45, 2.75) is 36.3 Å². The fourth-order valence-electron chi connectivity index (χ4n) is 3.44. The van der Waals surface area contributed by atoms with Crippen LogP contribution in [0.3, 0.4) is 0 Å². The molecule has 8 nitrogen and oxygen atoms in total. The average molecular weight is 526 g/mol. The minimum absolute atomic E-state index is 0.0502. The van der Waals surface area contributed by atoms with E-state index in [1.54, 1.807) is 30.3 Å². The monoisotopic (exact) mass is 525 g/mol. The van der Waals surface area contributed by atoms with Crippen molar-refractivity contribution in [2.24, 2.45) is 0 Å². The normalized spacial score (nSPS) is 12.3. The summed E-state index contributed by atoms with van der Waals surface area (Å²) >= 11 is 1.14. The molecule has 0 spiro atoms. The molecule has 0 aliphatic heterocycles. The van der Waals surface area contributed by atoms with Crippen LogP contribution >= 0.6 is 11.8 Å². The molecule has 1 atom stereocenters. The largest absolute Gasteiger partial charge is 0.497 e. The van der Waals surface area contributed by atoms with Crippen LogP contribution in [0.15, 0.2) is 81.3 Å². The van der Waals surface area contributed by atoms with Gasteiger partial charge in [0.15, 0.2) is 5.58 Å². The maximum absolute atomic E-state index is 12.8. The zero-order valence-corrected chi connectivity index (χ0v) is 21.8. The quantitative estimate of drug-likeness (QED) is 0.249. The number of hydrogen-bond acceptors (Lipinski definition) is 7. The van der Waals surface area contributed by atoms with Gasteiger partial charge in [0.25, 0.3) is 15.2 Å². The molecule has 0 bridgehead atoms. The molecule has 1 amide bonds. The number of benzene rings is 3. The first-order valence-corrected chi connectivity index (χ1v) is 13.8. The molecule has 0 saturated heterocycles. The molecule has 4 aromatic rings. The van der Waals surface area contributed by atoms with E-state index >= 15 is 0 Å². The van der Waals surface area contributed by atoms with Gasteiger partial charge in [-0.2, -0.15) is 0 Å². The number of hydrogen-bond donors (Lipinski definition) is 2. The van der Waals surface area contributed by atoms with Crippen LogP contribution in [0.1, 0.15) is 31.7 Å². The van der Waals surface area contributed by atoms with Gasteiger partial charge in [-0.3, -0.25) is 9.52 Å². The molecule has 2 N–H and O–H groups in total. The summed E-state index contributed by atoms with van der Waals surface area (Å²) in [5, 5.41) is 3.15. The van der Waals surface area contributed by atoms with Crippen LogP contribution in [0.5, 0.6) is 5.75 Å². The molecule has 3 aromatic carbocycles. The molecule has 0 aliphatic rings. The second-order valence-corrected chi connectivity index (χ2v) is 10.8. The predicted octanol–water partition coefficient (Wildman–Crippen LogP) is 5.88. The number of carbonyl (C=O) groups is 1. The number of thioether (sulfide) groups is 1. The zero-order chi connectivity index (χ0) is 25.7. The number of sulfonamides is 1. The lowest BCUT2D eigenvalue weighted by molar-refractivity contribution is -0.113. The first kappa shape index (κ1) is 25.6. The maximum atomic E-state index is 12.8. The smallest absolute Gasteiger partial charge is 0.261 e. The van der Waals surface area contributed by atoms with Crippen LogP contribution in [0, 0.1) is 0 Å². The zero-order valence-electron chi connectivity index (χ0n) is 20.1. The second kappa shape index (κ2) is 11.0. The minimum atomic E-state index is -3.83. The van der Waals surface area contributed by atoms with Crippen LogP contribution < -0.4 is 14.8 Å². The number of nitrogens with zero attached hydrogens (tertiary/aromatic N) is 1. The van der Waals surface area contributed by atoms with Crippen LogP contribution in [0.4, 0.5) is 11.4 Å². The number of carbonyl (C=O) groups excluding carboxylic acids is 1. The molecule has 0 fully saturated rings. The van der Waals surface area contributed by atoms with E-state index in [4.69, 9.17) is 9.15 Å². The van der Waals surface area contributed by atoms with Crippen LogP contribution in [0.2, 0.25) is 0 Å². The molecule has 0 aliphatic carbocycles. The number of ether oxygens (including phenoxy) is 1. The molecule has 188 valence electrons. The van der Waals surface area contributed by atoms with Gasteiger partial charge in [0.2, 0.25) is 5.91 Å². The molecule has 0 radical (unpaired) electrons. The van der Waals surface area contributed by atoms with Gasteiger partial charge >= 0.3 is 0 Å². The van der Waals surface area contributed by atoms with Gasteiger partial charge in [-0.15, -0.1) is 0 Å². The van der Waals surface area contributed by atoms with Crippen molar-refractivity contribution < 1.29 is 22.4 Å². The summed E-state index contributed by atoms with van der Waals surface area (Å²) in [5.74, 6) is 1.01. The summed E-state index contributed by atoms with van der Waals surface area (Å²) in [6.45, 7) is 4.31. The van der Waals surface area contributed by atoms with E-state index in [9.17, 15) is 13.2 Å². The number of rotatable bonds is 10. The fourth-order valence-corrected chi connectivity index (χ4v) is 5.16. The van der Waals surface area contributed by atoms with E-state index in [0.29, 0.717) is 28.5 Å². The number of fused-ring (bicyclic) bond motifs is 1. The van der Waals surface area contributed by atoms with Crippen LogP contribution in [-0.2, 0) is 14.8 Å². The van der Waals surface area contributed by atoms with Crippen molar-refractivity contribution >= 4 is 50.2 Å². The Bertz CT molecular complexity index is 1450. The number of methoxy groups -OCH3 is 1. The lowest BCUT2D eigenvalue weighted by Crippen LogP contribution is -2.14. The van der Waals surface area contributed by atoms with E-state index in [1.807, 2.05) is 24.3 Å². The molecule has 1 aromatic heterocycles. The summed E-state index contributed by atoms with van der Waals surface area (Å²) in [6, 6.07) is 18.8. The third-order valence-corrected chi connectivity index (χ3v) is 7.90. The van der Waals surface area contributed by atoms with Crippen LogP contribution in [0.25, 0.3) is 11.1 Å². The third kappa shape index (κ3) is 6.19. The predicted molar refractivity (Wildman–Crippen MR) is 142 cm³/mol. The Morgan fingerprint density at radius 3 is 2.42 bits per heavy atom. The summed E-state index contributed by atoms with van der Waals surface area (Å²) in [5.41, 5.74) is 3.19. The maximum Gasteiger partial charge on any atom is 0.261 e. The highest BCUT2D eigenvalue weighted by molar-refractivity contribution is 7.99. The lowest BCUT2D eigenvalue weighted by atomic mass is 9.99. The Hall–Kier alpha value is -3.50. The van der Waals surface area contributed by atoms with Gasteiger partial charge in [-0.1, -0.05) is 37.7 Å². The fraction of sp³-hybridized carbons (Fsp3) is 0.231. The standard InChI is InChI=1S/C26H27N3O5S2/c1-4-17(2)18-5-7-19(8-6-18)27-25(30)16-35-26-28-23-15-22(13-14-24(23)34-26)36(31,32)29-20-9-11-21(33-3)12-10-20/h5-15,17,29H,4,16H2,1-3H3,(H,27,30). The Balaban J connectivity index is 1.38. The van der Waals surface area contributed by atoms with Gasteiger partial charge in [0.05, 0.1) is 17.8 Å². The van der Waals surface area contributed by atoms with Crippen molar-refractivity contribution in [1.29, 1.82) is 0 Å². The Morgan fingerprint density at radius 2 is 1.75 bits per heavy atom. The van der Waals surface area contributed by atoms with Crippen molar-refractivity contribution in [1.82, 2.24) is 4.98 Å². The summed E-state index contributed by atoms with van der Waals surface area (Å²) in [6.07, 6.45) is 1.06. The molecule has 1 unspecified atom stereocenters. The number of anilines is 2. The molecule has 4 rings (SSSR count). The molecule has 0 saturated carbocycles. The first-order valence-electron chi connectivity index (χ1n) is 11.4. The first-order chi connectivity index (χ1) is 17.3. The SMILES string of the molecule is CCC(C)c1ccc(NC(=O)CSc2nc3cc(S(=O)(=O)Nc4ccc(OC)cc4)ccc3o2)cc1. The Morgan fingerprint density at radius 1 is 1.06 bits per heavy atom. The van der Waals surface area contributed by atoms with E-state index in [0.717, 1.165) is 23.9 Å². The molecule has 36 heavy (non-hydrogen) atoms. The number of amides is 1. The molecular weight excluding hydrogens is 498 g/mol. The third-order valence-electron chi connectivity index (χ3n) is 5.69. The van der Waals surface area contributed by atoms with Crippen LogP contribution in [-0.4, -0.2) is 32.2 Å². The van der Waals surface area contributed by atoms with Crippen molar-refractivity contribution in [3.8, 4) is 5.75 Å². The van der Waals surface area contributed by atoms with E-state index in [-0.39, 0.29) is 21.8 Å². The van der Waals surface area contributed by atoms with Gasteiger partial charge in [-0.05, 0) is 72.5 Å².